The number of benzene rings is 3. The number of amides is 1. The van der Waals surface area contributed by atoms with Gasteiger partial charge in [-0.15, -0.1) is 0 Å². The van der Waals surface area contributed by atoms with Crippen LogP contribution in [0.15, 0.2) is 66.7 Å². The van der Waals surface area contributed by atoms with Crippen LogP contribution in [-0.4, -0.2) is 22.9 Å². The van der Waals surface area contributed by atoms with Gasteiger partial charge in [-0.1, -0.05) is 48.5 Å². The molecule has 1 aliphatic heterocycles. The van der Waals surface area contributed by atoms with E-state index in [1.165, 1.54) is 22.9 Å². The quantitative estimate of drug-likeness (QED) is 0.629. The minimum atomic E-state index is -4.36. The smallest absolute Gasteiger partial charge is 0.350 e. The number of likely N-dealkylation sites (tertiary alicyclic amines) is 1. The van der Waals surface area contributed by atoms with Crippen molar-refractivity contribution in [2.45, 2.75) is 38.1 Å². The zero-order valence-corrected chi connectivity index (χ0v) is 16.7. The number of hydrogen-bond donors (Lipinski definition) is 1. The van der Waals surface area contributed by atoms with Gasteiger partial charge in [0.2, 0.25) is 5.91 Å². The zero-order valence-electron chi connectivity index (χ0n) is 16.7. The van der Waals surface area contributed by atoms with Gasteiger partial charge in [0.05, 0.1) is 11.1 Å². The van der Waals surface area contributed by atoms with Crippen molar-refractivity contribution < 1.29 is 18.0 Å². The molecule has 0 bridgehead atoms. The van der Waals surface area contributed by atoms with E-state index in [9.17, 15) is 18.0 Å². The highest BCUT2D eigenvalue weighted by molar-refractivity contribution is 5.87. The lowest BCUT2D eigenvalue weighted by atomic mass is 9.85. The summed E-state index contributed by atoms with van der Waals surface area (Å²) in [5, 5.41) is 5.24. The Balaban J connectivity index is 1.38. The number of nitrogens with zero attached hydrogens (tertiary/aromatic N) is 1. The Bertz CT molecular complexity index is 1060. The summed E-state index contributed by atoms with van der Waals surface area (Å²) in [5.74, 6) is -0.102. The first-order chi connectivity index (χ1) is 14.3. The highest BCUT2D eigenvalue weighted by Crippen LogP contribution is 2.33. The fourth-order valence-electron chi connectivity index (χ4n) is 3.86. The van der Waals surface area contributed by atoms with E-state index in [2.05, 4.69) is 40.5 Å². The normalized spacial score (nSPS) is 19.5. The number of rotatable bonds is 5. The van der Waals surface area contributed by atoms with Crippen LogP contribution in [0.2, 0.25) is 0 Å². The molecule has 3 aromatic carbocycles. The molecule has 1 fully saturated rings. The molecule has 1 atom stereocenters. The van der Waals surface area contributed by atoms with E-state index in [1.807, 2.05) is 19.1 Å². The SMILES string of the molecule is CC1(C(=O)NCc2ccc(C(F)(F)F)cc2)CCN1Cc1ccc2ccccc2c1. The van der Waals surface area contributed by atoms with Crippen LogP contribution >= 0.6 is 0 Å². The highest BCUT2D eigenvalue weighted by Gasteiger charge is 2.46. The Morgan fingerprint density at radius 3 is 2.30 bits per heavy atom. The second kappa shape index (κ2) is 7.76. The number of carbonyl (C=O) groups is 1. The van der Waals surface area contributed by atoms with Crippen molar-refractivity contribution in [3.05, 3.63) is 83.4 Å². The van der Waals surface area contributed by atoms with Gasteiger partial charge >= 0.3 is 6.18 Å². The third-order valence-electron chi connectivity index (χ3n) is 5.98. The number of hydrogen-bond acceptors (Lipinski definition) is 2. The van der Waals surface area contributed by atoms with E-state index < -0.39 is 17.3 Å². The summed E-state index contributed by atoms with van der Waals surface area (Å²) in [6.45, 7) is 3.63. The van der Waals surface area contributed by atoms with Gasteiger partial charge in [-0.3, -0.25) is 9.69 Å². The van der Waals surface area contributed by atoms with Crippen LogP contribution in [0.25, 0.3) is 10.8 Å². The van der Waals surface area contributed by atoms with Crippen molar-refractivity contribution in [2.24, 2.45) is 0 Å². The lowest BCUT2D eigenvalue weighted by molar-refractivity contribution is -0.142. The van der Waals surface area contributed by atoms with Crippen LogP contribution in [-0.2, 0) is 24.1 Å². The van der Waals surface area contributed by atoms with Gasteiger partial charge in [0.15, 0.2) is 0 Å². The van der Waals surface area contributed by atoms with Crippen LogP contribution in [0.5, 0.6) is 0 Å². The molecule has 6 heteroatoms. The summed E-state index contributed by atoms with van der Waals surface area (Å²) in [6.07, 6.45) is -3.61. The third-order valence-corrected chi connectivity index (χ3v) is 5.98. The van der Waals surface area contributed by atoms with Gasteiger partial charge in [-0.05, 0) is 53.4 Å². The predicted octanol–water partition coefficient (Wildman–Crippen LogP) is 5.14. The molecule has 3 aromatic rings. The lowest BCUT2D eigenvalue weighted by Crippen LogP contribution is -2.65. The number of carbonyl (C=O) groups excluding carboxylic acids is 1. The van der Waals surface area contributed by atoms with Crippen LogP contribution in [0.1, 0.15) is 30.0 Å². The van der Waals surface area contributed by atoms with Crippen molar-refractivity contribution in [2.75, 3.05) is 6.54 Å². The first kappa shape index (κ1) is 20.4. The molecular weight excluding hydrogens is 389 g/mol. The summed E-state index contributed by atoms with van der Waals surface area (Å²) >= 11 is 0. The average Bonchev–Trinajstić information content (AvgIpc) is 2.74. The van der Waals surface area contributed by atoms with Gasteiger partial charge in [-0.25, -0.2) is 0 Å². The zero-order chi connectivity index (χ0) is 21.4. The van der Waals surface area contributed by atoms with Crippen LogP contribution < -0.4 is 5.32 Å². The molecular formula is C24H23F3N2O. The Labute approximate surface area is 173 Å². The summed E-state index contributed by atoms with van der Waals surface area (Å²) in [6, 6.07) is 19.4. The maximum Gasteiger partial charge on any atom is 0.416 e. The molecule has 30 heavy (non-hydrogen) atoms. The van der Waals surface area contributed by atoms with Gasteiger partial charge in [0.25, 0.3) is 0 Å². The molecule has 1 amide bonds. The molecule has 1 saturated heterocycles. The van der Waals surface area contributed by atoms with Gasteiger partial charge in [-0.2, -0.15) is 13.2 Å². The predicted molar refractivity (Wildman–Crippen MR) is 111 cm³/mol. The Hall–Kier alpha value is -2.86. The first-order valence-corrected chi connectivity index (χ1v) is 9.93. The molecule has 3 nitrogen and oxygen atoms in total. The molecule has 4 rings (SSSR count). The summed E-state index contributed by atoms with van der Waals surface area (Å²) in [7, 11) is 0. The molecule has 1 unspecified atom stereocenters. The molecule has 0 spiro atoms. The monoisotopic (exact) mass is 412 g/mol. The molecule has 0 radical (unpaired) electrons. The van der Waals surface area contributed by atoms with Gasteiger partial charge < -0.3 is 5.32 Å². The van der Waals surface area contributed by atoms with E-state index in [1.54, 1.807) is 0 Å². The summed E-state index contributed by atoms with van der Waals surface area (Å²) < 4.78 is 38.0. The number of nitrogens with one attached hydrogen (secondary N) is 1. The molecule has 1 heterocycles. The highest BCUT2D eigenvalue weighted by atomic mass is 19.4. The largest absolute Gasteiger partial charge is 0.416 e. The van der Waals surface area contributed by atoms with Crippen molar-refractivity contribution in [1.82, 2.24) is 10.2 Å². The summed E-state index contributed by atoms with van der Waals surface area (Å²) in [4.78, 5) is 15.0. The Kier molecular flexibility index (Phi) is 5.28. The molecule has 0 saturated carbocycles. The van der Waals surface area contributed by atoms with E-state index in [4.69, 9.17) is 0 Å². The molecule has 0 aromatic heterocycles. The van der Waals surface area contributed by atoms with E-state index >= 15 is 0 Å². The lowest BCUT2D eigenvalue weighted by Gasteiger charge is -2.49. The molecule has 156 valence electrons. The second-order valence-electron chi connectivity index (χ2n) is 8.00. The van der Waals surface area contributed by atoms with Gasteiger partial charge in [0.1, 0.15) is 0 Å². The Morgan fingerprint density at radius 2 is 1.67 bits per heavy atom. The van der Waals surface area contributed by atoms with Crippen molar-refractivity contribution in [3.8, 4) is 0 Å². The fourth-order valence-corrected chi connectivity index (χ4v) is 3.86. The number of fused-ring (bicyclic) bond motifs is 1. The average molecular weight is 412 g/mol. The second-order valence-corrected chi connectivity index (χ2v) is 8.00. The first-order valence-electron chi connectivity index (χ1n) is 9.93. The van der Waals surface area contributed by atoms with Crippen LogP contribution in [0.4, 0.5) is 13.2 Å². The van der Waals surface area contributed by atoms with Crippen molar-refractivity contribution in [3.63, 3.8) is 0 Å². The molecule has 1 aliphatic rings. The molecule has 0 aliphatic carbocycles. The minimum absolute atomic E-state index is 0.102. The molecule has 1 N–H and O–H groups in total. The number of halogens is 3. The van der Waals surface area contributed by atoms with Crippen LogP contribution in [0, 0.1) is 0 Å². The van der Waals surface area contributed by atoms with E-state index in [-0.39, 0.29) is 12.5 Å². The van der Waals surface area contributed by atoms with Crippen LogP contribution in [0.3, 0.4) is 0 Å². The van der Waals surface area contributed by atoms with E-state index in [0.717, 1.165) is 30.7 Å². The standard InChI is InChI=1S/C24H23F3N2O/c1-23(22(30)28-15-17-7-10-21(11-8-17)24(25,26)27)12-13-29(23)16-18-6-9-19-4-2-3-5-20(19)14-18/h2-11,14H,12-13,15-16H2,1H3,(H,28,30). The summed E-state index contributed by atoms with van der Waals surface area (Å²) in [5.41, 5.74) is 0.484. The van der Waals surface area contributed by atoms with Gasteiger partial charge in [0, 0.05) is 19.6 Å². The van der Waals surface area contributed by atoms with Crippen molar-refractivity contribution in [1.29, 1.82) is 0 Å². The minimum Gasteiger partial charge on any atom is -0.350 e. The van der Waals surface area contributed by atoms with Crippen molar-refractivity contribution >= 4 is 16.7 Å². The third kappa shape index (κ3) is 4.05. The Morgan fingerprint density at radius 1 is 1.00 bits per heavy atom. The fraction of sp³-hybridized carbons (Fsp3) is 0.292. The topological polar surface area (TPSA) is 32.3 Å². The maximum atomic E-state index is 12.8. The van der Waals surface area contributed by atoms with E-state index in [0.29, 0.717) is 12.1 Å². The maximum absolute atomic E-state index is 12.8. The number of alkyl halides is 3.